The fraction of sp³-hybridized carbons (Fsp3) is 0.200. The number of anilines is 1. The zero-order valence-electron chi connectivity index (χ0n) is 14.7. The van der Waals surface area contributed by atoms with Crippen molar-refractivity contribution in [3.05, 3.63) is 46.5 Å². The average Bonchev–Trinajstić information content (AvgIpc) is 2.72. The van der Waals surface area contributed by atoms with Gasteiger partial charge in [-0.3, -0.25) is 4.79 Å². The maximum atomic E-state index is 12.5. The van der Waals surface area contributed by atoms with Gasteiger partial charge in [0, 0.05) is 11.8 Å². The third kappa shape index (κ3) is 3.68. The highest BCUT2D eigenvalue weighted by Crippen LogP contribution is 2.39. The lowest BCUT2D eigenvalue weighted by molar-refractivity contribution is -0.112. The summed E-state index contributed by atoms with van der Waals surface area (Å²) in [5.74, 6) is 1.56. The van der Waals surface area contributed by atoms with Crippen LogP contribution in [0.3, 0.4) is 0 Å². The number of nitriles is 1. The van der Waals surface area contributed by atoms with Crippen LogP contribution in [-0.4, -0.2) is 32.3 Å². The summed E-state index contributed by atoms with van der Waals surface area (Å²) >= 11 is 6.21. The van der Waals surface area contributed by atoms with E-state index in [0.29, 0.717) is 65.7 Å². The molecular formula is C20H15ClN2O5. The number of hydrogen-bond donors (Lipinski definition) is 1. The molecular weight excluding hydrogens is 384 g/mol. The number of amides is 1. The van der Waals surface area contributed by atoms with Crippen molar-refractivity contribution in [3.8, 4) is 29.1 Å². The smallest absolute Gasteiger partial charge is 0.266 e. The van der Waals surface area contributed by atoms with E-state index in [0.717, 1.165) is 0 Å². The van der Waals surface area contributed by atoms with Crippen LogP contribution in [0.5, 0.6) is 23.0 Å². The van der Waals surface area contributed by atoms with E-state index in [-0.39, 0.29) is 5.57 Å². The first-order chi connectivity index (χ1) is 13.6. The Morgan fingerprint density at radius 3 is 2.50 bits per heavy atom. The molecule has 0 atom stereocenters. The minimum atomic E-state index is -0.551. The SMILES string of the molecule is N#C/C(=C\c1cc(Cl)c2c(c1)OCCO2)C(=O)Nc1ccc2c(c1)OCCO2. The summed E-state index contributed by atoms with van der Waals surface area (Å²) in [7, 11) is 0. The molecule has 0 fully saturated rings. The lowest BCUT2D eigenvalue weighted by Gasteiger charge is -2.20. The van der Waals surface area contributed by atoms with Crippen molar-refractivity contribution in [2.45, 2.75) is 0 Å². The third-order valence-corrected chi connectivity index (χ3v) is 4.38. The lowest BCUT2D eigenvalue weighted by atomic mass is 10.1. The average molecular weight is 399 g/mol. The Morgan fingerprint density at radius 1 is 1.00 bits per heavy atom. The van der Waals surface area contributed by atoms with Crippen molar-refractivity contribution < 1.29 is 23.7 Å². The van der Waals surface area contributed by atoms with Gasteiger partial charge in [-0.2, -0.15) is 5.26 Å². The van der Waals surface area contributed by atoms with E-state index in [1.54, 1.807) is 30.3 Å². The maximum absolute atomic E-state index is 12.5. The Labute approximate surface area is 166 Å². The second-order valence-electron chi connectivity index (χ2n) is 6.01. The van der Waals surface area contributed by atoms with Crippen molar-refractivity contribution in [1.82, 2.24) is 0 Å². The quantitative estimate of drug-likeness (QED) is 0.629. The van der Waals surface area contributed by atoms with E-state index in [1.165, 1.54) is 6.08 Å². The van der Waals surface area contributed by atoms with E-state index in [4.69, 9.17) is 30.5 Å². The van der Waals surface area contributed by atoms with Crippen LogP contribution >= 0.6 is 11.6 Å². The monoisotopic (exact) mass is 398 g/mol. The van der Waals surface area contributed by atoms with Gasteiger partial charge in [-0.1, -0.05) is 11.6 Å². The van der Waals surface area contributed by atoms with Crippen LogP contribution in [0, 0.1) is 11.3 Å². The van der Waals surface area contributed by atoms with Gasteiger partial charge in [-0.15, -0.1) is 0 Å². The standard InChI is InChI=1S/C20H15ClN2O5/c21-15-8-12(9-18-19(15)28-6-5-27-18)7-13(11-22)20(24)23-14-1-2-16-17(10-14)26-4-3-25-16/h1-2,7-10H,3-6H2,(H,23,24)/b13-7+. The van der Waals surface area contributed by atoms with Gasteiger partial charge in [0.2, 0.25) is 0 Å². The van der Waals surface area contributed by atoms with Crippen molar-refractivity contribution in [1.29, 1.82) is 5.26 Å². The number of nitrogens with one attached hydrogen (secondary N) is 1. The predicted octanol–water partition coefficient (Wildman–Crippen LogP) is 3.43. The number of carbonyl (C=O) groups is 1. The number of benzene rings is 2. The summed E-state index contributed by atoms with van der Waals surface area (Å²) in [6, 6.07) is 10.2. The Kier molecular flexibility index (Phi) is 4.96. The fourth-order valence-electron chi connectivity index (χ4n) is 2.85. The van der Waals surface area contributed by atoms with Gasteiger partial charge in [-0.25, -0.2) is 0 Å². The first-order valence-corrected chi connectivity index (χ1v) is 8.94. The van der Waals surface area contributed by atoms with E-state index in [2.05, 4.69) is 5.32 Å². The molecule has 0 unspecified atom stereocenters. The van der Waals surface area contributed by atoms with Gasteiger partial charge >= 0.3 is 0 Å². The normalized spacial score (nSPS) is 14.8. The Morgan fingerprint density at radius 2 is 1.71 bits per heavy atom. The number of hydrogen-bond acceptors (Lipinski definition) is 6. The third-order valence-electron chi connectivity index (χ3n) is 4.10. The minimum Gasteiger partial charge on any atom is -0.486 e. The molecule has 2 aliphatic rings. The predicted molar refractivity (Wildman–Crippen MR) is 102 cm³/mol. The molecule has 0 aliphatic carbocycles. The van der Waals surface area contributed by atoms with Gasteiger partial charge in [-0.05, 0) is 35.9 Å². The summed E-state index contributed by atoms with van der Waals surface area (Å²) in [5.41, 5.74) is 0.973. The van der Waals surface area contributed by atoms with Gasteiger partial charge in [0.25, 0.3) is 5.91 Å². The number of nitrogens with zero attached hydrogens (tertiary/aromatic N) is 1. The highest BCUT2D eigenvalue weighted by Gasteiger charge is 2.18. The second-order valence-corrected chi connectivity index (χ2v) is 6.42. The summed E-state index contributed by atoms with van der Waals surface area (Å²) < 4.78 is 21.9. The van der Waals surface area contributed by atoms with Crippen LogP contribution < -0.4 is 24.3 Å². The van der Waals surface area contributed by atoms with E-state index < -0.39 is 5.91 Å². The van der Waals surface area contributed by atoms with Crippen molar-refractivity contribution in [2.75, 3.05) is 31.7 Å². The molecule has 0 saturated carbocycles. The molecule has 0 saturated heterocycles. The molecule has 0 radical (unpaired) electrons. The Hall–Kier alpha value is -3.37. The molecule has 0 bridgehead atoms. The molecule has 8 heteroatoms. The van der Waals surface area contributed by atoms with E-state index in [9.17, 15) is 10.1 Å². The van der Waals surface area contributed by atoms with Gasteiger partial charge < -0.3 is 24.3 Å². The zero-order chi connectivity index (χ0) is 19.5. The number of fused-ring (bicyclic) bond motifs is 2. The molecule has 0 aromatic heterocycles. The Bertz CT molecular complexity index is 1010. The first kappa shape index (κ1) is 18.0. The molecule has 1 amide bonds. The molecule has 142 valence electrons. The molecule has 2 aliphatic heterocycles. The van der Waals surface area contributed by atoms with Gasteiger partial charge in [0.15, 0.2) is 23.0 Å². The molecule has 7 nitrogen and oxygen atoms in total. The largest absolute Gasteiger partial charge is 0.486 e. The van der Waals surface area contributed by atoms with E-state index >= 15 is 0 Å². The molecule has 2 aromatic rings. The van der Waals surface area contributed by atoms with Crippen LogP contribution in [0.25, 0.3) is 6.08 Å². The number of carbonyl (C=O) groups excluding carboxylic acids is 1. The molecule has 4 rings (SSSR count). The molecule has 2 aromatic carbocycles. The van der Waals surface area contributed by atoms with Crippen LogP contribution in [0.4, 0.5) is 5.69 Å². The van der Waals surface area contributed by atoms with Crippen molar-refractivity contribution >= 4 is 29.3 Å². The summed E-state index contributed by atoms with van der Waals surface area (Å²) in [4.78, 5) is 12.5. The van der Waals surface area contributed by atoms with Crippen LogP contribution in [0.15, 0.2) is 35.9 Å². The number of halogens is 1. The Balaban J connectivity index is 1.56. The summed E-state index contributed by atoms with van der Waals surface area (Å²) in [6.45, 7) is 1.76. The van der Waals surface area contributed by atoms with E-state index in [1.807, 2.05) is 6.07 Å². The molecule has 28 heavy (non-hydrogen) atoms. The molecule has 2 heterocycles. The molecule has 0 spiro atoms. The minimum absolute atomic E-state index is 0.0809. The highest BCUT2D eigenvalue weighted by molar-refractivity contribution is 6.32. The summed E-state index contributed by atoms with van der Waals surface area (Å²) in [5, 5.41) is 12.5. The van der Waals surface area contributed by atoms with Crippen molar-refractivity contribution in [2.24, 2.45) is 0 Å². The van der Waals surface area contributed by atoms with Gasteiger partial charge in [0.1, 0.15) is 38.1 Å². The topological polar surface area (TPSA) is 89.8 Å². The highest BCUT2D eigenvalue weighted by atomic mass is 35.5. The van der Waals surface area contributed by atoms with Crippen LogP contribution in [0.2, 0.25) is 5.02 Å². The number of rotatable bonds is 3. The number of ether oxygens (including phenoxy) is 4. The first-order valence-electron chi connectivity index (χ1n) is 8.56. The maximum Gasteiger partial charge on any atom is 0.266 e. The van der Waals surface area contributed by atoms with Crippen LogP contribution in [0.1, 0.15) is 5.56 Å². The lowest BCUT2D eigenvalue weighted by Crippen LogP contribution is -2.17. The molecule has 1 N–H and O–H groups in total. The summed E-state index contributed by atoms with van der Waals surface area (Å²) in [6.07, 6.45) is 1.44. The zero-order valence-corrected chi connectivity index (χ0v) is 15.4. The fourth-order valence-corrected chi connectivity index (χ4v) is 3.12. The second kappa shape index (κ2) is 7.71. The van der Waals surface area contributed by atoms with Crippen molar-refractivity contribution in [3.63, 3.8) is 0 Å². The van der Waals surface area contributed by atoms with Gasteiger partial charge in [0.05, 0.1) is 5.02 Å². The van der Waals surface area contributed by atoms with Crippen LogP contribution in [-0.2, 0) is 4.79 Å².